The van der Waals surface area contributed by atoms with Crippen molar-refractivity contribution in [1.82, 2.24) is 0 Å². The highest BCUT2D eigenvalue weighted by molar-refractivity contribution is 9.24. The smallest absolute Gasteiger partial charge is 0.0954 e. The van der Waals surface area contributed by atoms with Gasteiger partial charge in [0.05, 0.1) is 3.74 Å². The first-order valence-corrected chi connectivity index (χ1v) is 4.88. The maximum atomic E-state index is 3.38. The molecule has 0 aliphatic rings. The molecule has 0 radical (unpaired) electrons. The van der Waals surface area contributed by atoms with E-state index in [0.29, 0.717) is 3.74 Å². The van der Waals surface area contributed by atoms with E-state index in [1.807, 2.05) is 0 Å². The number of hydrogen-bond acceptors (Lipinski definition) is 1. The lowest BCUT2D eigenvalue weighted by atomic mass is 10.4. The molecular formula is C5H4Br2S. The molecule has 0 fully saturated rings. The van der Waals surface area contributed by atoms with E-state index in [9.17, 15) is 0 Å². The lowest BCUT2D eigenvalue weighted by Crippen LogP contribution is -1.68. The Hall–Kier alpha value is 0.660. The van der Waals surface area contributed by atoms with Crippen LogP contribution in [0.15, 0.2) is 16.8 Å². The molecular weight excluding hydrogens is 252 g/mol. The van der Waals surface area contributed by atoms with Gasteiger partial charge in [-0.25, -0.2) is 0 Å². The van der Waals surface area contributed by atoms with Crippen LogP contribution in [0.3, 0.4) is 0 Å². The van der Waals surface area contributed by atoms with Gasteiger partial charge in [-0.05, 0) is 22.4 Å². The Morgan fingerprint density at radius 2 is 2.25 bits per heavy atom. The van der Waals surface area contributed by atoms with Gasteiger partial charge >= 0.3 is 0 Å². The molecule has 8 heavy (non-hydrogen) atoms. The molecule has 0 N–H and O–H groups in total. The van der Waals surface area contributed by atoms with E-state index in [1.165, 1.54) is 5.56 Å². The second kappa shape index (κ2) is 2.99. The van der Waals surface area contributed by atoms with Gasteiger partial charge in [0.2, 0.25) is 0 Å². The highest BCUT2D eigenvalue weighted by Crippen LogP contribution is 2.29. The molecule has 0 atom stereocenters. The summed E-state index contributed by atoms with van der Waals surface area (Å²) in [7, 11) is 0. The molecule has 1 aromatic rings. The predicted molar refractivity (Wildman–Crippen MR) is 44.9 cm³/mol. The second-order valence-corrected chi connectivity index (χ2v) is 5.20. The molecule has 3 heteroatoms. The van der Waals surface area contributed by atoms with Gasteiger partial charge in [-0.15, -0.1) is 0 Å². The third-order valence-electron chi connectivity index (χ3n) is 0.795. The third kappa shape index (κ3) is 1.57. The maximum absolute atomic E-state index is 3.38. The Labute approximate surface area is 69.2 Å². The fourth-order valence-corrected chi connectivity index (χ4v) is 2.00. The Morgan fingerprint density at radius 3 is 2.50 bits per heavy atom. The van der Waals surface area contributed by atoms with Crippen molar-refractivity contribution in [3.05, 3.63) is 22.4 Å². The Bertz CT molecular complexity index is 145. The summed E-state index contributed by atoms with van der Waals surface area (Å²) in [5, 5.41) is 4.17. The quantitative estimate of drug-likeness (QED) is 0.674. The molecule has 0 aromatic carbocycles. The molecule has 0 aliphatic heterocycles. The number of alkyl halides is 2. The normalized spacial score (nSPS) is 10.4. The summed E-state index contributed by atoms with van der Waals surface area (Å²) in [6.45, 7) is 0. The lowest BCUT2D eigenvalue weighted by molar-refractivity contribution is 1.49. The van der Waals surface area contributed by atoms with Gasteiger partial charge in [-0.1, -0.05) is 31.9 Å². The van der Waals surface area contributed by atoms with E-state index in [2.05, 4.69) is 48.7 Å². The molecule has 0 amide bonds. The van der Waals surface area contributed by atoms with Crippen LogP contribution in [0.2, 0.25) is 0 Å². The summed E-state index contributed by atoms with van der Waals surface area (Å²) in [6.07, 6.45) is 0. The molecule has 0 aliphatic carbocycles. The first kappa shape index (κ1) is 6.78. The van der Waals surface area contributed by atoms with Gasteiger partial charge < -0.3 is 0 Å². The standard InChI is InChI=1S/C5H4Br2S/c6-5(7)4-1-2-8-3-4/h1-3,5H. The average molecular weight is 256 g/mol. The van der Waals surface area contributed by atoms with Crippen molar-refractivity contribution in [2.75, 3.05) is 0 Å². The zero-order valence-electron chi connectivity index (χ0n) is 3.97. The summed E-state index contributed by atoms with van der Waals surface area (Å²) in [5.41, 5.74) is 1.29. The van der Waals surface area contributed by atoms with E-state index in [0.717, 1.165) is 0 Å². The van der Waals surface area contributed by atoms with Crippen LogP contribution in [0, 0.1) is 0 Å². The van der Waals surface area contributed by atoms with Crippen LogP contribution in [0.25, 0.3) is 0 Å². The van der Waals surface area contributed by atoms with Crippen LogP contribution in [0.1, 0.15) is 9.30 Å². The van der Waals surface area contributed by atoms with E-state index < -0.39 is 0 Å². The molecule has 0 bridgehead atoms. The van der Waals surface area contributed by atoms with Crippen molar-refractivity contribution < 1.29 is 0 Å². The maximum Gasteiger partial charge on any atom is 0.0954 e. The molecule has 0 saturated carbocycles. The van der Waals surface area contributed by atoms with Crippen molar-refractivity contribution in [1.29, 1.82) is 0 Å². The molecule has 1 rings (SSSR count). The fraction of sp³-hybridized carbons (Fsp3) is 0.200. The SMILES string of the molecule is BrC(Br)c1ccsc1. The van der Waals surface area contributed by atoms with Crippen molar-refractivity contribution in [3.8, 4) is 0 Å². The summed E-state index contributed by atoms with van der Waals surface area (Å²) in [6, 6.07) is 2.08. The molecule has 1 heterocycles. The van der Waals surface area contributed by atoms with Crippen LogP contribution in [0.5, 0.6) is 0 Å². The first-order valence-electron chi connectivity index (χ1n) is 2.11. The van der Waals surface area contributed by atoms with Crippen LogP contribution in [-0.4, -0.2) is 0 Å². The minimum absolute atomic E-state index is 0.321. The Morgan fingerprint density at radius 1 is 1.50 bits per heavy atom. The Kier molecular flexibility index (Phi) is 2.53. The van der Waals surface area contributed by atoms with Crippen LogP contribution in [-0.2, 0) is 0 Å². The molecule has 1 aromatic heterocycles. The number of halogens is 2. The number of rotatable bonds is 1. The highest BCUT2D eigenvalue weighted by atomic mass is 79.9. The molecule has 0 saturated heterocycles. The van der Waals surface area contributed by atoms with E-state index in [4.69, 9.17) is 0 Å². The molecule has 0 nitrogen and oxygen atoms in total. The van der Waals surface area contributed by atoms with Crippen LogP contribution >= 0.6 is 43.2 Å². The van der Waals surface area contributed by atoms with Gasteiger partial charge in [-0.2, -0.15) is 11.3 Å². The third-order valence-corrected chi connectivity index (χ3v) is 2.55. The summed E-state index contributed by atoms with van der Waals surface area (Å²) in [5.74, 6) is 0. The molecule has 0 unspecified atom stereocenters. The highest BCUT2D eigenvalue weighted by Gasteiger charge is 1.99. The topological polar surface area (TPSA) is 0 Å². The van der Waals surface area contributed by atoms with Crippen molar-refractivity contribution in [2.24, 2.45) is 0 Å². The monoisotopic (exact) mass is 254 g/mol. The predicted octanol–water partition coefficient (Wildman–Crippen LogP) is 3.54. The Balaban J connectivity index is 2.77. The number of hydrogen-bond donors (Lipinski definition) is 0. The second-order valence-electron chi connectivity index (χ2n) is 1.36. The fourth-order valence-electron chi connectivity index (χ4n) is 0.399. The van der Waals surface area contributed by atoms with E-state index in [1.54, 1.807) is 11.3 Å². The zero-order chi connectivity index (χ0) is 5.98. The van der Waals surface area contributed by atoms with Crippen LogP contribution in [0.4, 0.5) is 0 Å². The minimum Gasteiger partial charge on any atom is -0.152 e. The average Bonchev–Trinajstić information content (AvgIpc) is 2.12. The van der Waals surface area contributed by atoms with Crippen molar-refractivity contribution in [2.45, 2.75) is 3.74 Å². The van der Waals surface area contributed by atoms with Gasteiger partial charge in [0.25, 0.3) is 0 Å². The zero-order valence-corrected chi connectivity index (χ0v) is 7.96. The first-order chi connectivity index (χ1) is 3.80. The minimum atomic E-state index is 0.321. The van der Waals surface area contributed by atoms with E-state index >= 15 is 0 Å². The molecule has 0 spiro atoms. The van der Waals surface area contributed by atoms with Crippen molar-refractivity contribution >= 4 is 43.2 Å². The van der Waals surface area contributed by atoms with Crippen molar-refractivity contribution in [3.63, 3.8) is 0 Å². The van der Waals surface area contributed by atoms with E-state index in [-0.39, 0.29) is 0 Å². The largest absolute Gasteiger partial charge is 0.152 e. The van der Waals surface area contributed by atoms with Crippen LogP contribution < -0.4 is 0 Å². The summed E-state index contributed by atoms with van der Waals surface area (Å²) >= 11 is 8.48. The van der Waals surface area contributed by atoms with Gasteiger partial charge in [0, 0.05) is 0 Å². The number of thiophene rings is 1. The van der Waals surface area contributed by atoms with Gasteiger partial charge in [0.1, 0.15) is 0 Å². The summed E-state index contributed by atoms with van der Waals surface area (Å²) < 4.78 is 0.321. The molecule has 44 valence electrons. The van der Waals surface area contributed by atoms with Gasteiger partial charge in [-0.3, -0.25) is 0 Å². The summed E-state index contributed by atoms with van der Waals surface area (Å²) in [4.78, 5) is 0. The lowest BCUT2D eigenvalue weighted by Gasteiger charge is -1.91. The van der Waals surface area contributed by atoms with Gasteiger partial charge in [0.15, 0.2) is 0 Å².